The van der Waals surface area contributed by atoms with Gasteiger partial charge in [0.05, 0.1) is 12.8 Å². The van der Waals surface area contributed by atoms with Gasteiger partial charge in [0.1, 0.15) is 12.4 Å². The van der Waals surface area contributed by atoms with E-state index in [1.807, 2.05) is 26.0 Å². The second-order valence-corrected chi connectivity index (χ2v) is 3.49. The van der Waals surface area contributed by atoms with E-state index < -0.39 is 0 Å². The minimum atomic E-state index is 0.596. The predicted molar refractivity (Wildman–Crippen MR) is 66.2 cm³/mol. The van der Waals surface area contributed by atoms with Crippen LogP contribution in [0.5, 0.6) is 5.75 Å². The highest BCUT2D eigenvalue weighted by molar-refractivity contribution is 6.00. The molecule has 0 aromatic heterocycles. The van der Waals surface area contributed by atoms with Crippen LogP contribution in [0.15, 0.2) is 23.4 Å². The molecule has 0 heterocycles. The average Bonchev–Trinajstić information content (AvgIpc) is 2.30. The van der Waals surface area contributed by atoms with Gasteiger partial charge < -0.3 is 9.57 Å². The van der Waals surface area contributed by atoms with Crippen LogP contribution in [0.4, 0.5) is 0 Å². The van der Waals surface area contributed by atoms with Crippen molar-refractivity contribution >= 4 is 5.71 Å². The second kappa shape index (κ2) is 6.16. The summed E-state index contributed by atoms with van der Waals surface area (Å²) >= 11 is 0. The van der Waals surface area contributed by atoms with Crippen molar-refractivity contribution in [2.24, 2.45) is 5.16 Å². The molecule has 0 spiro atoms. The molecule has 0 saturated heterocycles. The van der Waals surface area contributed by atoms with Gasteiger partial charge in [0.25, 0.3) is 0 Å². The molecule has 0 radical (unpaired) electrons. The molecule has 0 amide bonds. The summed E-state index contributed by atoms with van der Waals surface area (Å²) in [6, 6.07) is 6.04. The normalized spacial score (nSPS) is 11.4. The van der Waals surface area contributed by atoms with E-state index in [2.05, 4.69) is 18.1 Å². The summed E-state index contributed by atoms with van der Waals surface area (Å²) in [5.41, 5.74) is 3.17. The molecular weight excluding hydrogens is 202 g/mol. The molecule has 1 aromatic carbocycles. The van der Waals surface area contributed by atoms with Gasteiger partial charge in [0.2, 0.25) is 0 Å². The van der Waals surface area contributed by atoms with Crippen LogP contribution in [0.25, 0.3) is 0 Å². The fourth-order valence-electron chi connectivity index (χ4n) is 1.52. The lowest BCUT2D eigenvalue weighted by molar-refractivity contribution is 0.158. The van der Waals surface area contributed by atoms with Crippen LogP contribution in [-0.2, 0) is 4.84 Å². The molecule has 0 unspecified atom stereocenters. The van der Waals surface area contributed by atoms with Crippen LogP contribution in [0.1, 0.15) is 31.4 Å². The molecule has 0 fully saturated rings. The molecule has 3 nitrogen and oxygen atoms in total. The van der Waals surface area contributed by atoms with E-state index >= 15 is 0 Å². The Morgan fingerprint density at radius 1 is 1.31 bits per heavy atom. The summed E-state index contributed by atoms with van der Waals surface area (Å²) in [4.78, 5) is 5.09. The Balaban J connectivity index is 2.98. The third-order valence-electron chi connectivity index (χ3n) is 2.37. The predicted octanol–water partition coefficient (Wildman–Crippen LogP) is 3.15. The molecule has 16 heavy (non-hydrogen) atoms. The number of rotatable bonds is 5. The van der Waals surface area contributed by atoms with E-state index in [1.165, 1.54) is 0 Å². The zero-order chi connectivity index (χ0) is 12.0. The number of nitrogens with zero attached hydrogens (tertiary/aromatic N) is 1. The van der Waals surface area contributed by atoms with Crippen molar-refractivity contribution in [1.29, 1.82) is 0 Å². The van der Waals surface area contributed by atoms with Crippen molar-refractivity contribution < 1.29 is 9.57 Å². The first-order valence-electron chi connectivity index (χ1n) is 5.56. The zero-order valence-corrected chi connectivity index (χ0v) is 10.4. The summed E-state index contributed by atoms with van der Waals surface area (Å²) in [5.74, 6) is 0.899. The van der Waals surface area contributed by atoms with Gasteiger partial charge in [0, 0.05) is 0 Å². The number of hydrogen-bond donors (Lipinski definition) is 0. The van der Waals surface area contributed by atoms with Crippen molar-refractivity contribution in [3.05, 3.63) is 29.3 Å². The van der Waals surface area contributed by atoms with Crippen molar-refractivity contribution in [1.82, 2.24) is 0 Å². The molecule has 1 rings (SSSR count). The largest absolute Gasteiger partial charge is 0.496 e. The lowest BCUT2D eigenvalue weighted by Crippen LogP contribution is -2.01. The maximum atomic E-state index is 5.22. The third kappa shape index (κ3) is 2.99. The number of benzene rings is 1. The molecule has 0 aliphatic carbocycles. The topological polar surface area (TPSA) is 30.8 Å². The van der Waals surface area contributed by atoms with E-state index in [1.54, 1.807) is 7.11 Å². The Bertz CT molecular complexity index is 372. The lowest BCUT2D eigenvalue weighted by atomic mass is 10.1. The molecule has 0 saturated carbocycles. The lowest BCUT2D eigenvalue weighted by Gasteiger charge is -2.08. The fourth-order valence-corrected chi connectivity index (χ4v) is 1.52. The van der Waals surface area contributed by atoms with Crippen molar-refractivity contribution in [2.45, 2.75) is 27.2 Å². The second-order valence-electron chi connectivity index (χ2n) is 3.49. The maximum absolute atomic E-state index is 5.22. The van der Waals surface area contributed by atoms with Gasteiger partial charge in [-0.3, -0.25) is 0 Å². The Hall–Kier alpha value is -1.51. The van der Waals surface area contributed by atoms with Crippen LogP contribution in [0.2, 0.25) is 0 Å². The van der Waals surface area contributed by atoms with Crippen LogP contribution in [0, 0.1) is 6.92 Å². The molecule has 0 aliphatic heterocycles. The Morgan fingerprint density at radius 2 is 2.06 bits per heavy atom. The van der Waals surface area contributed by atoms with Gasteiger partial charge >= 0.3 is 0 Å². The van der Waals surface area contributed by atoms with E-state index in [4.69, 9.17) is 9.57 Å². The van der Waals surface area contributed by atoms with Crippen LogP contribution >= 0.6 is 0 Å². The number of aryl methyl sites for hydroxylation is 1. The molecule has 3 heteroatoms. The van der Waals surface area contributed by atoms with Gasteiger partial charge in [0.15, 0.2) is 0 Å². The molecular formula is C13H19NO2. The number of methoxy groups -OCH3 is 1. The first kappa shape index (κ1) is 12.6. The smallest absolute Gasteiger partial charge is 0.121 e. The minimum absolute atomic E-state index is 0.596. The van der Waals surface area contributed by atoms with E-state index in [0.29, 0.717) is 6.61 Å². The van der Waals surface area contributed by atoms with Gasteiger partial charge in [-0.05, 0) is 49.6 Å². The van der Waals surface area contributed by atoms with Gasteiger partial charge in [-0.25, -0.2) is 0 Å². The maximum Gasteiger partial charge on any atom is 0.121 e. The highest BCUT2D eigenvalue weighted by atomic mass is 16.6. The Kier molecular flexibility index (Phi) is 4.83. The minimum Gasteiger partial charge on any atom is -0.496 e. The van der Waals surface area contributed by atoms with E-state index in [9.17, 15) is 0 Å². The molecule has 0 aliphatic rings. The average molecular weight is 221 g/mol. The quantitative estimate of drug-likeness (QED) is 0.565. The van der Waals surface area contributed by atoms with Crippen molar-refractivity contribution in [3.63, 3.8) is 0 Å². The number of hydrogen-bond acceptors (Lipinski definition) is 3. The third-order valence-corrected chi connectivity index (χ3v) is 2.37. The van der Waals surface area contributed by atoms with E-state index in [-0.39, 0.29) is 0 Å². The molecule has 0 N–H and O–H groups in total. The van der Waals surface area contributed by atoms with Crippen molar-refractivity contribution in [2.75, 3.05) is 13.7 Å². The summed E-state index contributed by atoms with van der Waals surface area (Å²) in [6.07, 6.45) is 0.853. The molecule has 1 aromatic rings. The molecule has 0 atom stereocenters. The number of ether oxygens (including phenoxy) is 1. The Labute approximate surface area is 97.1 Å². The highest BCUT2D eigenvalue weighted by Crippen LogP contribution is 2.19. The number of oxime groups is 1. The molecule has 0 bridgehead atoms. The monoisotopic (exact) mass is 221 g/mol. The summed E-state index contributed by atoms with van der Waals surface area (Å²) in [7, 11) is 1.68. The van der Waals surface area contributed by atoms with Crippen LogP contribution < -0.4 is 4.74 Å². The first-order chi connectivity index (χ1) is 7.72. The van der Waals surface area contributed by atoms with Crippen LogP contribution in [0.3, 0.4) is 0 Å². The van der Waals surface area contributed by atoms with Gasteiger partial charge in [-0.15, -0.1) is 0 Å². The summed E-state index contributed by atoms with van der Waals surface area (Å²) < 4.78 is 5.22. The van der Waals surface area contributed by atoms with Gasteiger partial charge in [-0.1, -0.05) is 12.1 Å². The van der Waals surface area contributed by atoms with Crippen molar-refractivity contribution in [3.8, 4) is 5.75 Å². The van der Waals surface area contributed by atoms with E-state index in [0.717, 1.165) is 29.0 Å². The van der Waals surface area contributed by atoms with Crippen LogP contribution in [-0.4, -0.2) is 19.4 Å². The summed E-state index contributed by atoms with van der Waals surface area (Å²) in [5, 5.41) is 4.10. The SMILES string of the molecule is CCO/N=C(/CC)c1ccc(OC)c(C)c1. The first-order valence-corrected chi connectivity index (χ1v) is 5.56. The highest BCUT2D eigenvalue weighted by Gasteiger charge is 2.05. The van der Waals surface area contributed by atoms with Gasteiger partial charge in [-0.2, -0.15) is 0 Å². The summed E-state index contributed by atoms with van der Waals surface area (Å²) in [6.45, 7) is 6.61. The standard InChI is InChI=1S/C13H19NO2/c1-5-12(14-16-6-2)11-7-8-13(15-4)10(3)9-11/h7-9H,5-6H2,1-4H3/b14-12-. The Morgan fingerprint density at radius 3 is 2.56 bits per heavy atom. The molecule has 88 valence electrons. The zero-order valence-electron chi connectivity index (χ0n) is 10.4. The fraction of sp³-hybridized carbons (Fsp3) is 0.462.